The average molecular weight is 389 g/mol. The molecule has 0 fully saturated rings. The monoisotopic (exact) mass is 388 g/mol. The van der Waals surface area contributed by atoms with Gasteiger partial charge in [-0.3, -0.25) is 9.78 Å². The lowest BCUT2D eigenvalue weighted by Gasteiger charge is -2.23. The number of aryl methyl sites for hydroxylation is 1. The highest BCUT2D eigenvalue weighted by molar-refractivity contribution is 5.85. The quantitative estimate of drug-likeness (QED) is 0.638. The Bertz CT molecular complexity index is 1070. The van der Waals surface area contributed by atoms with Crippen molar-refractivity contribution in [1.82, 2.24) is 15.0 Å². The normalized spacial score (nSPS) is 13.5. The largest absolute Gasteiger partial charge is 0.352 e. The van der Waals surface area contributed by atoms with Crippen molar-refractivity contribution in [3.05, 3.63) is 47.8 Å². The molecule has 150 valence electrons. The highest BCUT2D eigenvalue weighted by atomic mass is 16.1. The summed E-state index contributed by atoms with van der Waals surface area (Å²) in [5.41, 5.74) is 3.04. The van der Waals surface area contributed by atoms with Gasteiger partial charge in [-0.15, -0.1) is 0 Å². The first-order chi connectivity index (χ1) is 13.8. The van der Waals surface area contributed by atoms with Crippen LogP contribution >= 0.6 is 0 Å². The number of ketones is 1. The van der Waals surface area contributed by atoms with Crippen molar-refractivity contribution in [1.29, 1.82) is 0 Å². The Hall–Kier alpha value is -2.82. The number of likely N-dealkylation sites (N-methyl/N-ethyl adjacent to an activating group) is 1. The van der Waals surface area contributed by atoms with Crippen LogP contribution in [0.4, 0.5) is 5.82 Å². The first kappa shape index (κ1) is 19.5. The number of hydrogen-bond donors (Lipinski definition) is 0. The summed E-state index contributed by atoms with van der Waals surface area (Å²) in [4.78, 5) is 28.8. The molecule has 0 unspecified atom stereocenters. The van der Waals surface area contributed by atoms with E-state index in [1.807, 2.05) is 36.3 Å². The maximum Gasteiger partial charge on any atom is 0.180 e. The van der Waals surface area contributed by atoms with Gasteiger partial charge in [-0.25, -0.2) is 9.97 Å². The van der Waals surface area contributed by atoms with Gasteiger partial charge in [0.25, 0.3) is 0 Å². The summed E-state index contributed by atoms with van der Waals surface area (Å²) in [6.45, 7) is 6.65. The van der Waals surface area contributed by atoms with Gasteiger partial charge in [0.05, 0.1) is 6.54 Å². The lowest BCUT2D eigenvalue weighted by Crippen LogP contribution is -2.30. The summed E-state index contributed by atoms with van der Waals surface area (Å²) in [6.07, 6.45) is 5.43. The Labute approximate surface area is 172 Å². The van der Waals surface area contributed by atoms with Gasteiger partial charge >= 0.3 is 0 Å². The molecule has 0 radical (unpaired) electrons. The predicted molar refractivity (Wildman–Crippen MR) is 117 cm³/mol. The molecule has 1 aliphatic carbocycles. The third kappa shape index (κ3) is 4.29. The predicted octanol–water partition coefficient (Wildman–Crippen LogP) is 4.62. The molecule has 2 aromatic heterocycles. The molecule has 29 heavy (non-hydrogen) atoms. The van der Waals surface area contributed by atoms with Gasteiger partial charge in [-0.2, -0.15) is 0 Å². The molecule has 4 rings (SSSR count). The van der Waals surface area contributed by atoms with E-state index in [0.717, 1.165) is 47.2 Å². The topological polar surface area (TPSA) is 59.0 Å². The van der Waals surface area contributed by atoms with E-state index >= 15 is 0 Å². The number of anilines is 1. The van der Waals surface area contributed by atoms with Crippen molar-refractivity contribution < 1.29 is 4.79 Å². The van der Waals surface area contributed by atoms with Crippen molar-refractivity contribution in [2.24, 2.45) is 5.41 Å². The summed E-state index contributed by atoms with van der Waals surface area (Å²) in [7, 11) is 1.96. The van der Waals surface area contributed by atoms with Crippen LogP contribution in [0.15, 0.2) is 36.5 Å². The zero-order valence-electron chi connectivity index (χ0n) is 17.7. The van der Waals surface area contributed by atoms with E-state index in [9.17, 15) is 4.79 Å². The number of Topliss-reactive ketones (excluding diaryl/α,β-unsaturated/α-hetero) is 1. The minimum Gasteiger partial charge on any atom is -0.352 e. The fourth-order valence-corrected chi connectivity index (χ4v) is 4.04. The van der Waals surface area contributed by atoms with Crippen molar-refractivity contribution in [3.8, 4) is 11.5 Å². The number of hydrogen-bond acceptors (Lipinski definition) is 5. The number of rotatable bonds is 5. The number of nitrogens with zero attached hydrogens (tertiary/aromatic N) is 4. The van der Waals surface area contributed by atoms with Crippen LogP contribution in [0.2, 0.25) is 0 Å². The highest BCUT2D eigenvalue weighted by Gasteiger charge is 2.24. The van der Waals surface area contributed by atoms with E-state index in [0.29, 0.717) is 18.8 Å². The maximum absolute atomic E-state index is 12.5. The van der Waals surface area contributed by atoms with E-state index in [4.69, 9.17) is 9.97 Å². The third-order valence-electron chi connectivity index (χ3n) is 5.27. The Morgan fingerprint density at radius 1 is 1.10 bits per heavy atom. The first-order valence-corrected chi connectivity index (χ1v) is 10.3. The second kappa shape index (κ2) is 7.54. The Kier molecular flexibility index (Phi) is 5.07. The number of benzene rings is 1. The SMILES string of the molecule is CN(CC(=O)CC(C)(C)C)c1nc(-c2cc3ccccc3cn2)nc2c1CCC2. The van der Waals surface area contributed by atoms with Gasteiger partial charge in [-0.1, -0.05) is 45.0 Å². The smallest absolute Gasteiger partial charge is 0.180 e. The van der Waals surface area contributed by atoms with E-state index < -0.39 is 0 Å². The number of carbonyl (C=O) groups excluding carboxylic acids is 1. The van der Waals surface area contributed by atoms with E-state index in [1.54, 1.807) is 0 Å². The standard InChI is InChI=1S/C24H28N4O/c1-24(2,3)13-18(29)15-28(4)23-19-10-7-11-20(19)26-22(27-23)21-12-16-8-5-6-9-17(16)14-25-21/h5-6,8-9,12,14H,7,10-11,13,15H2,1-4H3. The average Bonchev–Trinajstić information content (AvgIpc) is 3.13. The van der Waals surface area contributed by atoms with E-state index in [-0.39, 0.29) is 11.2 Å². The summed E-state index contributed by atoms with van der Waals surface area (Å²) in [5.74, 6) is 1.75. The molecule has 2 heterocycles. The summed E-state index contributed by atoms with van der Waals surface area (Å²) in [6, 6.07) is 10.2. The van der Waals surface area contributed by atoms with Gasteiger partial charge in [0, 0.05) is 36.3 Å². The summed E-state index contributed by atoms with van der Waals surface area (Å²) in [5, 5.41) is 2.22. The fraction of sp³-hybridized carbons (Fsp3) is 0.417. The van der Waals surface area contributed by atoms with Crippen LogP contribution in [0, 0.1) is 5.41 Å². The van der Waals surface area contributed by atoms with Gasteiger partial charge in [0.1, 0.15) is 11.5 Å². The maximum atomic E-state index is 12.5. The molecule has 0 saturated heterocycles. The van der Waals surface area contributed by atoms with Crippen LogP contribution in [-0.2, 0) is 17.6 Å². The van der Waals surface area contributed by atoms with Crippen molar-refractivity contribution in [2.45, 2.75) is 46.5 Å². The van der Waals surface area contributed by atoms with Crippen molar-refractivity contribution in [3.63, 3.8) is 0 Å². The molecule has 0 bridgehead atoms. The molecule has 0 amide bonds. The number of aromatic nitrogens is 3. The second-order valence-electron chi connectivity index (χ2n) is 9.20. The Balaban J connectivity index is 1.69. The zero-order chi connectivity index (χ0) is 20.6. The van der Waals surface area contributed by atoms with Crippen LogP contribution in [0.25, 0.3) is 22.3 Å². The Morgan fingerprint density at radius 3 is 2.62 bits per heavy atom. The fourth-order valence-electron chi connectivity index (χ4n) is 4.04. The van der Waals surface area contributed by atoms with Gasteiger partial charge in [-0.05, 0) is 36.1 Å². The van der Waals surface area contributed by atoms with Crippen LogP contribution in [0.1, 0.15) is 44.9 Å². The van der Waals surface area contributed by atoms with Crippen molar-refractivity contribution >= 4 is 22.4 Å². The lowest BCUT2D eigenvalue weighted by atomic mass is 9.90. The molecule has 5 nitrogen and oxygen atoms in total. The second-order valence-corrected chi connectivity index (χ2v) is 9.20. The van der Waals surface area contributed by atoms with Gasteiger partial charge < -0.3 is 4.90 Å². The molecule has 1 aliphatic rings. The molecule has 5 heteroatoms. The highest BCUT2D eigenvalue weighted by Crippen LogP contribution is 2.31. The number of fused-ring (bicyclic) bond motifs is 2. The molecule has 0 saturated carbocycles. The van der Waals surface area contributed by atoms with Crippen LogP contribution in [-0.4, -0.2) is 34.3 Å². The number of pyridine rings is 1. The van der Waals surface area contributed by atoms with Crippen molar-refractivity contribution in [2.75, 3.05) is 18.5 Å². The molecule has 0 aliphatic heterocycles. The van der Waals surface area contributed by atoms with Crippen LogP contribution < -0.4 is 4.90 Å². The molecule has 1 aromatic carbocycles. The summed E-state index contributed by atoms with van der Waals surface area (Å²) < 4.78 is 0. The first-order valence-electron chi connectivity index (χ1n) is 10.3. The molecular weight excluding hydrogens is 360 g/mol. The zero-order valence-corrected chi connectivity index (χ0v) is 17.7. The Morgan fingerprint density at radius 2 is 1.86 bits per heavy atom. The number of carbonyl (C=O) groups is 1. The minimum atomic E-state index is -0.00822. The third-order valence-corrected chi connectivity index (χ3v) is 5.27. The molecule has 0 spiro atoms. The van der Waals surface area contributed by atoms with E-state index in [1.165, 1.54) is 5.56 Å². The van der Waals surface area contributed by atoms with Crippen LogP contribution in [0.3, 0.4) is 0 Å². The molecule has 0 atom stereocenters. The van der Waals surface area contributed by atoms with Gasteiger partial charge in [0.2, 0.25) is 0 Å². The summed E-state index contributed by atoms with van der Waals surface area (Å²) >= 11 is 0. The van der Waals surface area contributed by atoms with Gasteiger partial charge in [0.15, 0.2) is 11.6 Å². The minimum absolute atomic E-state index is 0.00822. The van der Waals surface area contributed by atoms with E-state index in [2.05, 4.69) is 37.9 Å². The van der Waals surface area contributed by atoms with Crippen LogP contribution in [0.5, 0.6) is 0 Å². The molecule has 3 aromatic rings. The molecule has 0 N–H and O–H groups in total. The lowest BCUT2D eigenvalue weighted by molar-refractivity contribution is -0.119. The molecular formula is C24H28N4O.